The molecule has 2 fully saturated rings. The summed E-state index contributed by atoms with van der Waals surface area (Å²) in [7, 11) is 0. The van der Waals surface area contributed by atoms with Crippen molar-refractivity contribution in [2.45, 2.75) is 12.8 Å². The molecule has 0 spiro atoms. The maximum absolute atomic E-state index is 3.38. The van der Waals surface area contributed by atoms with Gasteiger partial charge in [0, 0.05) is 39.3 Å². The molecule has 0 amide bonds. The quantitative estimate of drug-likeness (QED) is 0.682. The average molecular weight is 209 g/mol. The molecule has 2 aliphatic rings. The van der Waals surface area contributed by atoms with Crippen molar-refractivity contribution in [3.05, 3.63) is 12.2 Å². The van der Waals surface area contributed by atoms with Crippen LogP contribution < -0.4 is 5.32 Å². The predicted octanol–water partition coefficient (Wildman–Crippen LogP) is 0.544. The molecule has 0 aromatic rings. The van der Waals surface area contributed by atoms with Gasteiger partial charge >= 0.3 is 0 Å². The molecule has 0 atom stereocenters. The molecule has 3 heteroatoms. The second-order valence-corrected chi connectivity index (χ2v) is 4.53. The Labute approximate surface area is 93.1 Å². The lowest BCUT2D eigenvalue weighted by Gasteiger charge is -2.25. The second kappa shape index (κ2) is 6.26. The van der Waals surface area contributed by atoms with Crippen molar-refractivity contribution < 1.29 is 0 Å². The van der Waals surface area contributed by atoms with E-state index >= 15 is 0 Å². The van der Waals surface area contributed by atoms with Crippen LogP contribution in [0.4, 0.5) is 0 Å². The molecule has 0 bridgehead atoms. The minimum atomic E-state index is 1.13. The summed E-state index contributed by atoms with van der Waals surface area (Å²) in [5.41, 5.74) is 0. The number of hydrogen-bond donors (Lipinski definition) is 1. The van der Waals surface area contributed by atoms with Gasteiger partial charge in [-0.05, 0) is 25.9 Å². The predicted molar refractivity (Wildman–Crippen MR) is 64.1 cm³/mol. The van der Waals surface area contributed by atoms with E-state index in [9.17, 15) is 0 Å². The van der Waals surface area contributed by atoms with E-state index < -0.39 is 0 Å². The van der Waals surface area contributed by atoms with Crippen molar-refractivity contribution in [3.63, 3.8) is 0 Å². The van der Waals surface area contributed by atoms with E-state index in [2.05, 4.69) is 27.3 Å². The van der Waals surface area contributed by atoms with Crippen LogP contribution in [0.25, 0.3) is 0 Å². The molecule has 0 saturated carbocycles. The van der Waals surface area contributed by atoms with E-state index in [1.165, 1.54) is 39.0 Å². The van der Waals surface area contributed by atoms with Gasteiger partial charge in [-0.1, -0.05) is 12.2 Å². The highest BCUT2D eigenvalue weighted by Crippen LogP contribution is 2.06. The summed E-state index contributed by atoms with van der Waals surface area (Å²) < 4.78 is 0. The SMILES string of the molecule is C(=C/CN1CCNCC1)/CN1CCCC1. The summed E-state index contributed by atoms with van der Waals surface area (Å²) >= 11 is 0. The Morgan fingerprint density at radius 3 is 1.93 bits per heavy atom. The third kappa shape index (κ3) is 3.93. The van der Waals surface area contributed by atoms with E-state index in [1.54, 1.807) is 0 Å². The Morgan fingerprint density at radius 2 is 1.33 bits per heavy atom. The zero-order chi connectivity index (χ0) is 10.3. The van der Waals surface area contributed by atoms with E-state index in [0.29, 0.717) is 0 Å². The fourth-order valence-corrected chi connectivity index (χ4v) is 2.31. The van der Waals surface area contributed by atoms with Crippen molar-refractivity contribution in [2.24, 2.45) is 0 Å². The molecule has 0 aliphatic carbocycles. The molecule has 0 aromatic heterocycles. The number of rotatable bonds is 4. The molecule has 86 valence electrons. The van der Waals surface area contributed by atoms with Crippen LogP contribution in [0.15, 0.2) is 12.2 Å². The van der Waals surface area contributed by atoms with Crippen molar-refractivity contribution in [2.75, 3.05) is 52.4 Å². The summed E-state index contributed by atoms with van der Waals surface area (Å²) in [6, 6.07) is 0. The zero-order valence-electron chi connectivity index (χ0n) is 9.62. The van der Waals surface area contributed by atoms with Gasteiger partial charge in [0.1, 0.15) is 0 Å². The van der Waals surface area contributed by atoms with E-state index in [1.807, 2.05) is 0 Å². The van der Waals surface area contributed by atoms with Crippen LogP contribution in [0, 0.1) is 0 Å². The largest absolute Gasteiger partial charge is 0.314 e. The van der Waals surface area contributed by atoms with Gasteiger partial charge in [-0.15, -0.1) is 0 Å². The van der Waals surface area contributed by atoms with Gasteiger partial charge in [0.15, 0.2) is 0 Å². The Morgan fingerprint density at radius 1 is 0.800 bits per heavy atom. The lowest BCUT2D eigenvalue weighted by molar-refractivity contribution is 0.264. The normalized spacial score (nSPS) is 25.3. The highest BCUT2D eigenvalue weighted by molar-refractivity contribution is 4.89. The van der Waals surface area contributed by atoms with Gasteiger partial charge in [0.25, 0.3) is 0 Å². The lowest BCUT2D eigenvalue weighted by atomic mass is 10.3. The van der Waals surface area contributed by atoms with Crippen molar-refractivity contribution >= 4 is 0 Å². The molecule has 3 nitrogen and oxygen atoms in total. The Bertz CT molecular complexity index is 191. The molecule has 2 aliphatic heterocycles. The van der Waals surface area contributed by atoms with Crippen LogP contribution >= 0.6 is 0 Å². The smallest absolute Gasteiger partial charge is 0.0164 e. The molecule has 2 heterocycles. The monoisotopic (exact) mass is 209 g/mol. The first-order valence-corrected chi connectivity index (χ1v) is 6.25. The van der Waals surface area contributed by atoms with Crippen LogP contribution in [0.2, 0.25) is 0 Å². The zero-order valence-corrected chi connectivity index (χ0v) is 9.62. The first kappa shape index (κ1) is 11.1. The number of nitrogens with one attached hydrogen (secondary N) is 1. The van der Waals surface area contributed by atoms with Crippen molar-refractivity contribution in [1.82, 2.24) is 15.1 Å². The fraction of sp³-hybridized carbons (Fsp3) is 0.833. The van der Waals surface area contributed by atoms with E-state index in [0.717, 1.165) is 26.2 Å². The molecular formula is C12H23N3. The number of hydrogen-bond acceptors (Lipinski definition) is 3. The molecule has 0 aromatic carbocycles. The second-order valence-electron chi connectivity index (χ2n) is 4.53. The summed E-state index contributed by atoms with van der Waals surface area (Å²) in [6.07, 6.45) is 7.47. The highest BCUT2D eigenvalue weighted by Gasteiger charge is 2.09. The number of piperazine rings is 1. The molecule has 0 unspecified atom stereocenters. The number of likely N-dealkylation sites (tertiary alicyclic amines) is 1. The van der Waals surface area contributed by atoms with E-state index in [-0.39, 0.29) is 0 Å². The van der Waals surface area contributed by atoms with Gasteiger partial charge in [-0.3, -0.25) is 9.80 Å². The molecule has 15 heavy (non-hydrogen) atoms. The van der Waals surface area contributed by atoms with Crippen LogP contribution in [-0.2, 0) is 0 Å². The minimum Gasteiger partial charge on any atom is -0.314 e. The topological polar surface area (TPSA) is 18.5 Å². The molecular weight excluding hydrogens is 186 g/mol. The Kier molecular flexibility index (Phi) is 4.64. The summed E-state index contributed by atoms with van der Waals surface area (Å²) in [5.74, 6) is 0. The first-order chi connectivity index (χ1) is 7.45. The van der Waals surface area contributed by atoms with Gasteiger partial charge < -0.3 is 5.32 Å². The summed E-state index contributed by atoms with van der Waals surface area (Å²) in [6.45, 7) is 9.61. The summed E-state index contributed by atoms with van der Waals surface area (Å²) in [4.78, 5) is 5.05. The average Bonchev–Trinajstić information content (AvgIpc) is 2.79. The highest BCUT2D eigenvalue weighted by atomic mass is 15.2. The molecule has 2 rings (SSSR count). The van der Waals surface area contributed by atoms with Crippen LogP contribution in [0.3, 0.4) is 0 Å². The number of nitrogens with zero attached hydrogens (tertiary/aromatic N) is 2. The third-order valence-electron chi connectivity index (χ3n) is 3.30. The first-order valence-electron chi connectivity index (χ1n) is 6.25. The standard InChI is InChI=1S/C12H23N3/c1-2-8-14(7-1)9-3-4-10-15-11-5-13-6-12-15/h3-4,13H,1-2,5-12H2/b4-3-. The van der Waals surface area contributed by atoms with Crippen LogP contribution in [0.1, 0.15) is 12.8 Å². The van der Waals surface area contributed by atoms with Crippen molar-refractivity contribution in [1.29, 1.82) is 0 Å². The Balaban J connectivity index is 1.57. The molecule has 2 saturated heterocycles. The van der Waals surface area contributed by atoms with Crippen LogP contribution in [0.5, 0.6) is 0 Å². The minimum absolute atomic E-state index is 1.13. The molecule has 1 N–H and O–H groups in total. The van der Waals surface area contributed by atoms with E-state index in [4.69, 9.17) is 0 Å². The third-order valence-corrected chi connectivity index (χ3v) is 3.30. The molecule has 0 radical (unpaired) electrons. The maximum Gasteiger partial charge on any atom is 0.0164 e. The summed E-state index contributed by atoms with van der Waals surface area (Å²) in [5, 5.41) is 3.38. The van der Waals surface area contributed by atoms with Gasteiger partial charge in [0.2, 0.25) is 0 Å². The van der Waals surface area contributed by atoms with Crippen LogP contribution in [-0.4, -0.2) is 62.2 Å². The fourth-order valence-electron chi connectivity index (χ4n) is 2.31. The maximum atomic E-state index is 3.38. The van der Waals surface area contributed by atoms with Gasteiger partial charge in [0.05, 0.1) is 0 Å². The lowest BCUT2D eigenvalue weighted by Crippen LogP contribution is -2.43. The van der Waals surface area contributed by atoms with Gasteiger partial charge in [-0.25, -0.2) is 0 Å². The van der Waals surface area contributed by atoms with Gasteiger partial charge in [-0.2, -0.15) is 0 Å². The Hall–Kier alpha value is -0.380. The van der Waals surface area contributed by atoms with Crippen molar-refractivity contribution in [3.8, 4) is 0 Å².